The third-order valence-electron chi connectivity index (χ3n) is 2.25. The number of nitrogens with zero attached hydrogens (tertiary/aromatic N) is 2. The number of hydrogen-bond acceptors (Lipinski definition) is 4. The summed E-state index contributed by atoms with van der Waals surface area (Å²) in [5, 5.41) is 3.23. The van der Waals surface area contributed by atoms with Gasteiger partial charge < -0.3 is 11.1 Å². The molecule has 1 aromatic carbocycles. The number of aromatic nitrogens is 2. The normalized spacial score (nSPS) is 10.1. The molecule has 16 heavy (non-hydrogen) atoms. The highest BCUT2D eigenvalue weighted by molar-refractivity contribution is 5.41. The smallest absolute Gasteiger partial charge is 0.220 e. The van der Waals surface area contributed by atoms with Crippen LogP contribution in [-0.2, 0) is 6.54 Å². The summed E-state index contributed by atoms with van der Waals surface area (Å²) < 4.78 is 0. The molecule has 0 fully saturated rings. The largest absolute Gasteiger partial charge is 0.378 e. The van der Waals surface area contributed by atoms with Gasteiger partial charge in [-0.1, -0.05) is 29.8 Å². The number of aryl methyl sites for hydroxylation is 1. The van der Waals surface area contributed by atoms with E-state index in [9.17, 15) is 0 Å². The Hall–Kier alpha value is -2.10. The fraction of sp³-hybridized carbons (Fsp3) is 0.167. The molecule has 0 aliphatic heterocycles. The van der Waals surface area contributed by atoms with E-state index in [-0.39, 0.29) is 0 Å². The van der Waals surface area contributed by atoms with Crippen LogP contribution in [-0.4, -0.2) is 9.97 Å². The Morgan fingerprint density at radius 1 is 1.25 bits per heavy atom. The lowest BCUT2D eigenvalue weighted by molar-refractivity contribution is 1.10. The summed E-state index contributed by atoms with van der Waals surface area (Å²) in [4.78, 5) is 7.83. The van der Waals surface area contributed by atoms with Crippen molar-refractivity contribution in [2.45, 2.75) is 13.5 Å². The summed E-state index contributed by atoms with van der Waals surface area (Å²) in [5.74, 6) is 0.293. The molecular formula is C12H14N4. The van der Waals surface area contributed by atoms with E-state index in [2.05, 4.69) is 40.4 Å². The van der Waals surface area contributed by atoms with Gasteiger partial charge in [-0.25, -0.2) is 9.97 Å². The van der Waals surface area contributed by atoms with Crippen LogP contribution in [0.1, 0.15) is 11.1 Å². The molecular weight excluding hydrogens is 200 g/mol. The summed E-state index contributed by atoms with van der Waals surface area (Å²) in [6.45, 7) is 2.84. The van der Waals surface area contributed by atoms with E-state index >= 15 is 0 Å². The van der Waals surface area contributed by atoms with Gasteiger partial charge in [0.2, 0.25) is 5.95 Å². The van der Waals surface area contributed by atoms with E-state index in [1.807, 2.05) is 6.07 Å². The van der Waals surface area contributed by atoms with Gasteiger partial charge in [-0.2, -0.15) is 0 Å². The van der Waals surface area contributed by atoms with Gasteiger partial charge >= 0.3 is 0 Å². The Balaban J connectivity index is 1.99. The van der Waals surface area contributed by atoms with E-state index < -0.39 is 0 Å². The summed E-state index contributed by atoms with van der Waals surface area (Å²) in [5.41, 5.74) is 8.77. The zero-order valence-electron chi connectivity index (χ0n) is 9.14. The molecule has 0 saturated carbocycles. The lowest BCUT2D eigenvalue weighted by Gasteiger charge is -2.06. The molecule has 0 radical (unpaired) electrons. The van der Waals surface area contributed by atoms with Gasteiger partial charge in [-0.15, -0.1) is 0 Å². The molecule has 0 bridgehead atoms. The molecule has 0 atom stereocenters. The number of rotatable bonds is 3. The lowest BCUT2D eigenvalue weighted by Crippen LogP contribution is -2.02. The quantitative estimate of drug-likeness (QED) is 0.820. The molecule has 0 amide bonds. The predicted octanol–water partition coefficient (Wildman–Crippen LogP) is 1.98. The van der Waals surface area contributed by atoms with Crippen LogP contribution in [0.3, 0.4) is 0 Å². The summed E-state index contributed by atoms with van der Waals surface area (Å²) >= 11 is 0. The Bertz CT molecular complexity index is 465. The average Bonchev–Trinajstić information content (AvgIpc) is 2.28. The molecule has 82 valence electrons. The van der Waals surface area contributed by atoms with Crippen LogP contribution in [0, 0.1) is 6.92 Å². The first-order valence-electron chi connectivity index (χ1n) is 5.11. The summed E-state index contributed by atoms with van der Waals surface area (Å²) in [6, 6.07) is 8.35. The molecule has 4 heteroatoms. The molecule has 2 rings (SSSR count). The van der Waals surface area contributed by atoms with Gasteiger partial charge in [0, 0.05) is 6.54 Å². The van der Waals surface area contributed by atoms with Crippen molar-refractivity contribution in [1.29, 1.82) is 0 Å². The topological polar surface area (TPSA) is 63.8 Å². The molecule has 0 spiro atoms. The number of benzene rings is 1. The van der Waals surface area contributed by atoms with Crippen molar-refractivity contribution >= 4 is 11.6 Å². The molecule has 1 heterocycles. The fourth-order valence-corrected chi connectivity index (χ4v) is 1.46. The molecule has 0 aliphatic carbocycles. The standard InChI is InChI=1S/C12H14N4/c1-9-3-2-4-10(5-9)6-14-11-7-15-12(13)16-8-11/h2-5,7-8,14H,6H2,1H3,(H2,13,15,16). The highest BCUT2D eigenvalue weighted by Crippen LogP contribution is 2.08. The van der Waals surface area contributed by atoms with Gasteiger partial charge in [0.15, 0.2) is 0 Å². The summed E-state index contributed by atoms with van der Waals surface area (Å²) in [7, 11) is 0. The number of hydrogen-bond donors (Lipinski definition) is 2. The number of nitrogens with one attached hydrogen (secondary N) is 1. The van der Waals surface area contributed by atoms with E-state index in [0.717, 1.165) is 12.2 Å². The first-order chi connectivity index (χ1) is 7.74. The maximum atomic E-state index is 5.40. The van der Waals surface area contributed by atoms with E-state index in [4.69, 9.17) is 5.73 Å². The third kappa shape index (κ3) is 2.70. The Morgan fingerprint density at radius 3 is 2.69 bits per heavy atom. The van der Waals surface area contributed by atoms with Crippen molar-refractivity contribution in [3.8, 4) is 0 Å². The Labute approximate surface area is 94.5 Å². The molecule has 3 N–H and O–H groups in total. The molecule has 2 aromatic rings. The van der Waals surface area contributed by atoms with Gasteiger partial charge in [0.25, 0.3) is 0 Å². The van der Waals surface area contributed by atoms with Crippen molar-refractivity contribution in [1.82, 2.24) is 9.97 Å². The van der Waals surface area contributed by atoms with Crippen LogP contribution in [0.25, 0.3) is 0 Å². The molecule has 0 unspecified atom stereocenters. The van der Waals surface area contributed by atoms with Crippen LogP contribution in [0.4, 0.5) is 11.6 Å². The van der Waals surface area contributed by atoms with Crippen LogP contribution in [0.5, 0.6) is 0 Å². The minimum absolute atomic E-state index is 0.293. The maximum absolute atomic E-state index is 5.40. The zero-order valence-corrected chi connectivity index (χ0v) is 9.14. The van der Waals surface area contributed by atoms with Crippen LogP contribution in [0.2, 0.25) is 0 Å². The first-order valence-corrected chi connectivity index (χ1v) is 5.11. The Morgan fingerprint density at radius 2 is 2.00 bits per heavy atom. The van der Waals surface area contributed by atoms with Crippen molar-refractivity contribution < 1.29 is 0 Å². The van der Waals surface area contributed by atoms with Gasteiger partial charge in [-0.05, 0) is 12.5 Å². The van der Waals surface area contributed by atoms with Crippen LogP contribution < -0.4 is 11.1 Å². The fourth-order valence-electron chi connectivity index (χ4n) is 1.46. The molecule has 0 saturated heterocycles. The van der Waals surface area contributed by atoms with E-state index in [0.29, 0.717) is 5.95 Å². The molecule has 0 aliphatic rings. The second-order valence-electron chi connectivity index (χ2n) is 3.67. The summed E-state index contributed by atoms with van der Waals surface area (Å²) in [6.07, 6.45) is 3.36. The van der Waals surface area contributed by atoms with Crippen LogP contribution in [0.15, 0.2) is 36.7 Å². The predicted molar refractivity (Wildman–Crippen MR) is 65.0 cm³/mol. The minimum atomic E-state index is 0.293. The maximum Gasteiger partial charge on any atom is 0.220 e. The molecule has 1 aromatic heterocycles. The number of anilines is 2. The van der Waals surface area contributed by atoms with Crippen LogP contribution >= 0.6 is 0 Å². The average molecular weight is 214 g/mol. The highest BCUT2D eigenvalue weighted by Gasteiger charge is 1.95. The molecule has 4 nitrogen and oxygen atoms in total. The van der Waals surface area contributed by atoms with Crippen molar-refractivity contribution in [2.75, 3.05) is 11.1 Å². The number of nitrogen functional groups attached to an aromatic ring is 1. The second-order valence-corrected chi connectivity index (χ2v) is 3.67. The van der Waals surface area contributed by atoms with Crippen molar-refractivity contribution in [3.05, 3.63) is 47.8 Å². The lowest BCUT2D eigenvalue weighted by atomic mass is 10.1. The monoisotopic (exact) mass is 214 g/mol. The van der Waals surface area contributed by atoms with E-state index in [1.165, 1.54) is 11.1 Å². The third-order valence-corrected chi connectivity index (χ3v) is 2.25. The zero-order chi connectivity index (χ0) is 11.4. The van der Waals surface area contributed by atoms with E-state index in [1.54, 1.807) is 12.4 Å². The number of nitrogens with two attached hydrogens (primary N) is 1. The van der Waals surface area contributed by atoms with Crippen molar-refractivity contribution in [2.24, 2.45) is 0 Å². The second kappa shape index (κ2) is 4.61. The van der Waals surface area contributed by atoms with Crippen molar-refractivity contribution in [3.63, 3.8) is 0 Å². The SMILES string of the molecule is Cc1cccc(CNc2cnc(N)nc2)c1. The first kappa shape index (κ1) is 10.4. The Kier molecular flexibility index (Phi) is 3.00. The highest BCUT2D eigenvalue weighted by atomic mass is 15.0. The van der Waals surface area contributed by atoms with Gasteiger partial charge in [0.1, 0.15) is 0 Å². The van der Waals surface area contributed by atoms with Gasteiger partial charge in [-0.3, -0.25) is 0 Å². The minimum Gasteiger partial charge on any atom is -0.378 e. The van der Waals surface area contributed by atoms with Gasteiger partial charge in [0.05, 0.1) is 18.1 Å².